The third-order valence-electron chi connectivity index (χ3n) is 4.96. The number of fused-ring (bicyclic) bond motifs is 1. The van der Waals surface area contributed by atoms with E-state index in [1.807, 2.05) is 6.92 Å². The lowest BCUT2D eigenvalue weighted by Gasteiger charge is -2.12. The Kier molecular flexibility index (Phi) is 6.30. The number of nitrogens with one attached hydrogen (secondary N) is 1. The van der Waals surface area contributed by atoms with E-state index in [-0.39, 0.29) is 34.0 Å². The number of hydrogen-bond acceptors (Lipinski definition) is 8. The predicted molar refractivity (Wildman–Crippen MR) is 126 cm³/mol. The highest BCUT2D eigenvalue weighted by Gasteiger charge is 2.21. The van der Waals surface area contributed by atoms with Crippen LogP contribution in [0.2, 0.25) is 0 Å². The molecule has 0 amide bonds. The second-order valence-corrected chi connectivity index (χ2v) is 9.18. The third-order valence-corrected chi connectivity index (χ3v) is 6.32. The Labute approximate surface area is 198 Å². The third kappa shape index (κ3) is 5.17. The standard InChI is InChI=1S/C23H18N4O7S/c1-15-9-10-26-21(11-15)24-16(12-22(26)28)14-34-23(29)19-7-2-3-8-20(19)25-35(32,33)18-6-4-5-17(13-18)27(30)31/h2-13,25H,14H2,1H3. The number of nitro groups is 1. The molecule has 0 aliphatic rings. The van der Waals surface area contributed by atoms with Gasteiger partial charge in [0.1, 0.15) is 12.3 Å². The van der Waals surface area contributed by atoms with Gasteiger partial charge in [-0.05, 0) is 42.8 Å². The molecule has 0 aliphatic carbocycles. The van der Waals surface area contributed by atoms with Crippen LogP contribution in [-0.2, 0) is 21.4 Å². The van der Waals surface area contributed by atoms with Crippen LogP contribution in [0.15, 0.2) is 82.6 Å². The van der Waals surface area contributed by atoms with Gasteiger partial charge >= 0.3 is 5.97 Å². The van der Waals surface area contributed by atoms with E-state index < -0.39 is 26.6 Å². The molecule has 0 aliphatic heterocycles. The number of carbonyl (C=O) groups excluding carboxylic acids is 1. The number of para-hydroxylation sites is 1. The van der Waals surface area contributed by atoms with Gasteiger partial charge in [0.2, 0.25) is 0 Å². The minimum absolute atomic E-state index is 0.0776. The lowest BCUT2D eigenvalue weighted by molar-refractivity contribution is -0.385. The molecule has 178 valence electrons. The molecule has 4 rings (SSSR count). The molecule has 35 heavy (non-hydrogen) atoms. The fraction of sp³-hybridized carbons (Fsp3) is 0.0870. The second kappa shape index (κ2) is 9.35. The molecule has 0 spiro atoms. The van der Waals surface area contributed by atoms with E-state index in [4.69, 9.17) is 4.74 Å². The lowest BCUT2D eigenvalue weighted by Crippen LogP contribution is -2.18. The summed E-state index contributed by atoms with van der Waals surface area (Å²) in [5, 5.41) is 11.0. The summed E-state index contributed by atoms with van der Waals surface area (Å²) >= 11 is 0. The van der Waals surface area contributed by atoms with Crippen LogP contribution in [0.5, 0.6) is 0 Å². The highest BCUT2D eigenvalue weighted by atomic mass is 32.2. The summed E-state index contributed by atoms with van der Waals surface area (Å²) in [5.41, 5.74) is 0.620. The van der Waals surface area contributed by atoms with Gasteiger partial charge in [0.25, 0.3) is 21.3 Å². The lowest BCUT2D eigenvalue weighted by atomic mass is 10.2. The first-order valence-electron chi connectivity index (χ1n) is 10.2. The van der Waals surface area contributed by atoms with Crippen LogP contribution < -0.4 is 10.3 Å². The Bertz CT molecular complexity index is 1630. The van der Waals surface area contributed by atoms with E-state index in [0.29, 0.717) is 5.65 Å². The maximum atomic E-state index is 12.8. The van der Waals surface area contributed by atoms with Gasteiger partial charge in [0.05, 0.1) is 26.8 Å². The number of nitrogens with zero attached hydrogens (tertiary/aromatic N) is 3. The van der Waals surface area contributed by atoms with Crippen molar-refractivity contribution >= 4 is 33.0 Å². The maximum Gasteiger partial charge on any atom is 0.340 e. The summed E-state index contributed by atoms with van der Waals surface area (Å²) < 4.78 is 34.5. The van der Waals surface area contributed by atoms with Crippen molar-refractivity contribution in [1.29, 1.82) is 0 Å². The van der Waals surface area contributed by atoms with Crippen molar-refractivity contribution in [2.24, 2.45) is 0 Å². The molecule has 2 heterocycles. The SMILES string of the molecule is Cc1ccn2c(=O)cc(COC(=O)c3ccccc3NS(=O)(=O)c3cccc([N+](=O)[O-])c3)nc2c1. The van der Waals surface area contributed by atoms with Crippen LogP contribution in [0.1, 0.15) is 21.6 Å². The Hall–Kier alpha value is -4.58. The first-order valence-corrected chi connectivity index (χ1v) is 11.6. The first kappa shape index (κ1) is 23.6. The van der Waals surface area contributed by atoms with E-state index >= 15 is 0 Å². The number of non-ortho nitro benzene ring substituents is 1. The number of anilines is 1. The van der Waals surface area contributed by atoms with Crippen molar-refractivity contribution in [1.82, 2.24) is 9.38 Å². The van der Waals surface area contributed by atoms with Crippen LogP contribution in [0.4, 0.5) is 11.4 Å². The summed E-state index contributed by atoms with van der Waals surface area (Å²) in [6, 6.07) is 15.0. The number of aryl methyl sites for hydroxylation is 1. The van der Waals surface area contributed by atoms with Crippen LogP contribution in [0.25, 0.3) is 5.65 Å². The molecule has 12 heteroatoms. The number of pyridine rings is 1. The summed E-state index contributed by atoms with van der Waals surface area (Å²) in [6.45, 7) is 1.54. The summed E-state index contributed by atoms with van der Waals surface area (Å²) in [6.07, 6.45) is 1.60. The van der Waals surface area contributed by atoms with Crippen LogP contribution in [-0.4, -0.2) is 28.7 Å². The zero-order valence-corrected chi connectivity index (χ0v) is 19.1. The number of sulfonamides is 1. The Morgan fingerprint density at radius 3 is 2.66 bits per heavy atom. The topological polar surface area (TPSA) is 150 Å². The van der Waals surface area contributed by atoms with Gasteiger partial charge in [-0.3, -0.25) is 24.0 Å². The minimum atomic E-state index is -4.25. The van der Waals surface area contributed by atoms with E-state index in [0.717, 1.165) is 17.7 Å². The first-order chi connectivity index (χ1) is 16.6. The van der Waals surface area contributed by atoms with Gasteiger partial charge in [-0.25, -0.2) is 18.2 Å². The Morgan fingerprint density at radius 1 is 1.11 bits per heavy atom. The second-order valence-electron chi connectivity index (χ2n) is 7.50. The number of hydrogen-bond donors (Lipinski definition) is 1. The average Bonchev–Trinajstić information content (AvgIpc) is 2.82. The van der Waals surface area contributed by atoms with Crippen molar-refractivity contribution in [3.63, 3.8) is 0 Å². The molecule has 0 unspecified atom stereocenters. The quantitative estimate of drug-likeness (QED) is 0.234. The van der Waals surface area contributed by atoms with Gasteiger partial charge in [-0.2, -0.15) is 0 Å². The van der Waals surface area contributed by atoms with Crippen molar-refractivity contribution in [3.05, 3.63) is 110 Å². The Balaban J connectivity index is 1.56. The van der Waals surface area contributed by atoms with Crippen molar-refractivity contribution in [3.8, 4) is 0 Å². The number of aromatic nitrogens is 2. The van der Waals surface area contributed by atoms with Crippen LogP contribution in [0, 0.1) is 17.0 Å². The van der Waals surface area contributed by atoms with Crippen molar-refractivity contribution in [2.75, 3.05) is 4.72 Å². The fourth-order valence-corrected chi connectivity index (χ4v) is 4.38. The summed E-state index contributed by atoms with van der Waals surface area (Å²) in [5.74, 6) is -0.853. The molecular weight excluding hydrogens is 476 g/mol. The molecule has 0 atom stereocenters. The van der Waals surface area contributed by atoms with E-state index in [9.17, 15) is 28.1 Å². The van der Waals surface area contributed by atoms with E-state index in [2.05, 4.69) is 9.71 Å². The zero-order valence-electron chi connectivity index (χ0n) is 18.2. The fourth-order valence-electron chi connectivity index (χ4n) is 3.26. The van der Waals surface area contributed by atoms with Gasteiger partial charge in [0.15, 0.2) is 0 Å². The highest BCUT2D eigenvalue weighted by Crippen LogP contribution is 2.23. The Morgan fingerprint density at radius 2 is 1.89 bits per heavy atom. The number of benzene rings is 2. The molecule has 2 aromatic carbocycles. The number of nitro benzene ring substituents is 1. The molecule has 0 fully saturated rings. The molecule has 0 saturated carbocycles. The minimum Gasteiger partial charge on any atom is -0.456 e. The van der Waals surface area contributed by atoms with Gasteiger partial charge in [0, 0.05) is 24.4 Å². The predicted octanol–water partition coefficient (Wildman–Crippen LogP) is 3.07. The highest BCUT2D eigenvalue weighted by molar-refractivity contribution is 7.92. The molecule has 0 bridgehead atoms. The normalized spacial score (nSPS) is 11.2. The maximum absolute atomic E-state index is 12.8. The van der Waals surface area contributed by atoms with Gasteiger partial charge in [-0.15, -0.1) is 0 Å². The molecule has 1 N–H and O–H groups in total. The summed E-state index contributed by atoms with van der Waals surface area (Å²) in [4.78, 5) is 39.3. The smallest absolute Gasteiger partial charge is 0.340 e. The molecule has 0 radical (unpaired) electrons. The van der Waals surface area contributed by atoms with Gasteiger partial charge in [-0.1, -0.05) is 18.2 Å². The van der Waals surface area contributed by atoms with Gasteiger partial charge < -0.3 is 4.74 Å². The van der Waals surface area contributed by atoms with Crippen LogP contribution in [0.3, 0.4) is 0 Å². The summed E-state index contributed by atoms with van der Waals surface area (Å²) in [7, 11) is -4.25. The largest absolute Gasteiger partial charge is 0.456 e. The average molecular weight is 494 g/mol. The molecule has 4 aromatic rings. The molecule has 0 saturated heterocycles. The number of rotatable bonds is 7. The van der Waals surface area contributed by atoms with E-state index in [1.54, 1.807) is 18.3 Å². The number of carbonyl (C=O) groups is 1. The van der Waals surface area contributed by atoms with E-state index in [1.165, 1.54) is 46.9 Å². The number of ether oxygens (including phenoxy) is 1. The van der Waals surface area contributed by atoms with Crippen molar-refractivity contribution in [2.45, 2.75) is 18.4 Å². The number of esters is 1. The van der Waals surface area contributed by atoms with Crippen molar-refractivity contribution < 1.29 is 22.9 Å². The molecule has 2 aromatic heterocycles. The molecular formula is C23H18N4O7S. The monoisotopic (exact) mass is 494 g/mol. The van der Waals surface area contributed by atoms with Crippen LogP contribution >= 0.6 is 0 Å². The molecule has 11 nitrogen and oxygen atoms in total. The zero-order chi connectivity index (χ0) is 25.2.